The first-order valence-corrected chi connectivity index (χ1v) is 11.7. The second-order valence-electron chi connectivity index (χ2n) is 6.29. The molecule has 31 heavy (non-hydrogen) atoms. The van der Waals surface area contributed by atoms with Crippen LogP contribution in [0.25, 0.3) is 0 Å². The lowest BCUT2D eigenvalue weighted by Gasteiger charge is -2.09. The van der Waals surface area contributed by atoms with Crippen molar-refractivity contribution in [3.05, 3.63) is 68.4 Å². The van der Waals surface area contributed by atoms with Crippen LogP contribution in [0.4, 0.5) is 5.69 Å². The highest BCUT2D eigenvalue weighted by atomic mass is 79.9. The van der Waals surface area contributed by atoms with Crippen LogP contribution in [0.3, 0.4) is 0 Å². The number of amides is 2. The summed E-state index contributed by atoms with van der Waals surface area (Å²) in [5.74, 6) is 0.276. The number of thioether (sulfide) groups is 1. The van der Waals surface area contributed by atoms with E-state index >= 15 is 0 Å². The first-order valence-electron chi connectivity index (χ1n) is 9.21. The minimum atomic E-state index is -0.338. The Hall–Kier alpha value is -2.07. The van der Waals surface area contributed by atoms with E-state index < -0.39 is 0 Å². The van der Waals surface area contributed by atoms with Gasteiger partial charge in [0.15, 0.2) is 11.0 Å². The summed E-state index contributed by atoms with van der Waals surface area (Å²) in [7, 11) is 0. The zero-order chi connectivity index (χ0) is 22.4. The number of rotatable bonds is 8. The molecule has 0 spiro atoms. The third-order valence-electron chi connectivity index (χ3n) is 4.15. The fourth-order valence-corrected chi connectivity index (χ4v) is 4.24. The van der Waals surface area contributed by atoms with Crippen molar-refractivity contribution in [3.63, 3.8) is 0 Å². The molecule has 0 radical (unpaired) electrons. The molecule has 162 valence electrons. The number of nitrogens with one attached hydrogen (secondary N) is 2. The first kappa shape index (κ1) is 23.6. The Bertz CT molecular complexity index is 1090. The van der Waals surface area contributed by atoms with Gasteiger partial charge in [-0.25, -0.2) is 0 Å². The largest absolute Gasteiger partial charge is 0.345 e. The summed E-state index contributed by atoms with van der Waals surface area (Å²) in [4.78, 5) is 24.6. The lowest BCUT2D eigenvalue weighted by molar-refractivity contribution is -0.113. The van der Waals surface area contributed by atoms with E-state index in [0.717, 1.165) is 10.2 Å². The third kappa shape index (κ3) is 6.46. The van der Waals surface area contributed by atoms with Crippen LogP contribution in [0, 0.1) is 0 Å². The molecule has 0 fully saturated rings. The molecule has 0 bridgehead atoms. The van der Waals surface area contributed by atoms with Crippen LogP contribution in [0.15, 0.2) is 52.1 Å². The molecule has 3 rings (SSSR count). The van der Waals surface area contributed by atoms with Gasteiger partial charge in [0.05, 0.1) is 22.9 Å². The number of hydrogen-bond donors (Lipinski definition) is 2. The molecule has 0 aliphatic rings. The third-order valence-corrected chi connectivity index (χ3v) is 6.20. The Morgan fingerprint density at radius 1 is 1.13 bits per heavy atom. The van der Waals surface area contributed by atoms with E-state index in [1.807, 2.05) is 35.8 Å². The SMILES string of the molecule is CCn1c(CNC(=O)c2ccc(Cl)cc2Cl)nnc1SCC(=O)Nc1ccc(Br)cc1. The minimum absolute atomic E-state index is 0.148. The fourth-order valence-electron chi connectivity index (χ4n) is 2.66. The maximum Gasteiger partial charge on any atom is 0.253 e. The van der Waals surface area contributed by atoms with Gasteiger partial charge in [0.1, 0.15) is 0 Å². The summed E-state index contributed by atoms with van der Waals surface area (Å²) in [6.07, 6.45) is 0. The highest BCUT2D eigenvalue weighted by Gasteiger charge is 2.16. The Morgan fingerprint density at radius 2 is 1.87 bits per heavy atom. The number of aromatic nitrogens is 3. The second-order valence-corrected chi connectivity index (χ2v) is 9.00. The molecule has 2 N–H and O–H groups in total. The molecule has 0 unspecified atom stereocenters. The molecular weight excluding hydrogens is 525 g/mol. The average molecular weight is 543 g/mol. The minimum Gasteiger partial charge on any atom is -0.345 e. The molecule has 11 heteroatoms. The Labute approximate surface area is 202 Å². The summed E-state index contributed by atoms with van der Waals surface area (Å²) in [5, 5.41) is 15.2. The topological polar surface area (TPSA) is 88.9 Å². The van der Waals surface area contributed by atoms with Crippen LogP contribution in [0.5, 0.6) is 0 Å². The van der Waals surface area contributed by atoms with Crippen LogP contribution in [0.1, 0.15) is 23.1 Å². The molecule has 0 atom stereocenters. The molecule has 7 nitrogen and oxygen atoms in total. The van der Waals surface area contributed by atoms with Gasteiger partial charge in [-0.3, -0.25) is 9.59 Å². The van der Waals surface area contributed by atoms with Crippen LogP contribution < -0.4 is 10.6 Å². The summed E-state index contributed by atoms with van der Waals surface area (Å²) in [6.45, 7) is 2.71. The lowest BCUT2D eigenvalue weighted by Crippen LogP contribution is -2.25. The van der Waals surface area contributed by atoms with Gasteiger partial charge in [0.2, 0.25) is 5.91 Å². The smallest absolute Gasteiger partial charge is 0.253 e. The van der Waals surface area contributed by atoms with E-state index in [0.29, 0.717) is 28.1 Å². The van der Waals surface area contributed by atoms with Crippen molar-refractivity contribution in [2.75, 3.05) is 11.1 Å². The monoisotopic (exact) mass is 541 g/mol. The van der Waals surface area contributed by atoms with Crippen LogP contribution in [-0.2, 0) is 17.9 Å². The summed E-state index contributed by atoms with van der Waals surface area (Å²) >= 11 is 16.6. The van der Waals surface area contributed by atoms with Gasteiger partial charge in [-0.05, 0) is 49.4 Å². The van der Waals surface area contributed by atoms with Crippen LogP contribution in [0.2, 0.25) is 10.0 Å². The van der Waals surface area contributed by atoms with Gasteiger partial charge in [0.25, 0.3) is 5.91 Å². The van der Waals surface area contributed by atoms with Crippen LogP contribution in [-0.4, -0.2) is 32.3 Å². The molecule has 1 heterocycles. The van der Waals surface area contributed by atoms with Crippen molar-refractivity contribution in [2.45, 2.75) is 25.2 Å². The first-order chi connectivity index (χ1) is 14.9. The predicted octanol–water partition coefficient (Wildman–Crippen LogP) is 5.03. The normalized spacial score (nSPS) is 10.7. The van der Waals surface area contributed by atoms with Gasteiger partial charge >= 0.3 is 0 Å². The predicted molar refractivity (Wildman–Crippen MR) is 127 cm³/mol. The number of carbonyl (C=O) groups is 2. The molecular formula is C20H18BrCl2N5O2S. The Balaban J connectivity index is 1.57. The second kappa shape index (κ2) is 11.0. The van der Waals surface area contributed by atoms with Gasteiger partial charge in [-0.1, -0.05) is 50.9 Å². The van der Waals surface area contributed by atoms with Crippen molar-refractivity contribution < 1.29 is 9.59 Å². The highest BCUT2D eigenvalue weighted by molar-refractivity contribution is 9.10. The number of hydrogen-bond acceptors (Lipinski definition) is 5. The molecule has 0 saturated heterocycles. The zero-order valence-electron chi connectivity index (χ0n) is 16.4. The summed E-state index contributed by atoms with van der Waals surface area (Å²) in [6, 6.07) is 12.0. The molecule has 0 saturated carbocycles. The van der Waals surface area contributed by atoms with E-state index in [1.54, 1.807) is 12.1 Å². The van der Waals surface area contributed by atoms with Crippen molar-refractivity contribution >= 4 is 68.4 Å². The number of carbonyl (C=O) groups excluding carboxylic acids is 2. The Morgan fingerprint density at radius 3 is 2.55 bits per heavy atom. The molecule has 2 aromatic carbocycles. The van der Waals surface area contributed by atoms with E-state index in [4.69, 9.17) is 23.2 Å². The van der Waals surface area contributed by atoms with Crippen molar-refractivity contribution in [1.29, 1.82) is 0 Å². The average Bonchev–Trinajstić information content (AvgIpc) is 3.14. The van der Waals surface area contributed by atoms with E-state index in [1.165, 1.54) is 17.8 Å². The standard InChI is InChI=1S/C20H18BrCl2N5O2S/c1-2-28-17(10-24-19(30)15-8-5-13(22)9-16(15)23)26-27-20(28)31-11-18(29)25-14-6-3-12(21)4-7-14/h3-9H,2,10-11H2,1H3,(H,24,30)(H,25,29). The zero-order valence-corrected chi connectivity index (χ0v) is 20.3. The maximum absolute atomic E-state index is 12.4. The highest BCUT2D eigenvalue weighted by Crippen LogP contribution is 2.22. The van der Waals surface area contributed by atoms with E-state index in [-0.39, 0.29) is 29.1 Å². The molecule has 2 amide bonds. The maximum atomic E-state index is 12.4. The van der Waals surface area contributed by atoms with E-state index in [9.17, 15) is 9.59 Å². The van der Waals surface area contributed by atoms with Gasteiger partial charge in [-0.2, -0.15) is 0 Å². The molecule has 3 aromatic rings. The quantitative estimate of drug-likeness (QED) is 0.390. The van der Waals surface area contributed by atoms with Crippen molar-refractivity contribution in [2.24, 2.45) is 0 Å². The van der Waals surface area contributed by atoms with Crippen LogP contribution >= 0.6 is 50.9 Å². The fraction of sp³-hybridized carbons (Fsp3) is 0.200. The molecule has 0 aliphatic heterocycles. The number of benzene rings is 2. The van der Waals surface area contributed by atoms with E-state index in [2.05, 4.69) is 36.8 Å². The van der Waals surface area contributed by atoms with Gasteiger partial charge in [0, 0.05) is 21.7 Å². The number of halogens is 3. The molecule has 1 aromatic heterocycles. The molecule has 0 aliphatic carbocycles. The number of anilines is 1. The Kier molecular flexibility index (Phi) is 8.36. The van der Waals surface area contributed by atoms with Crippen molar-refractivity contribution in [1.82, 2.24) is 20.1 Å². The summed E-state index contributed by atoms with van der Waals surface area (Å²) < 4.78 is 2.79. The number of nitrogens with zero attached hydrogens (tertiary/aromatic N) is 3. The lowest BCUT2D eigenvalue weighted by atomic mass is 10.2. The summed E-state index contributed by atoms with van der Waals surface area (Å²) in [5.41, 5.74) is 1.04. The van der Waals surface area contributed by atoms with Gasteiger partial charge < -0.3 is 15.2 Å². The van der Waals surface area contributed by atoms with Crippen molar-refractivity contribution in [3.8, 4) is 0 Å². The van der Waals surface area contributed by atoms with Gasteiger partial charge in [-0.15, -0.1) is 10.2 Å².